The lowest BCUT2D eigenvalue weighted by molar-refractivity contribution is -0.116. The van der Waals surface area contributed by atoms with E-state index in [1.807, 2.05) is 38.2 Å². The van der Waals surface area contributed by atoms with Gasteiger partial charge < -0.3 is 10.6 Å². The number of benzene rings is 1. The summed E-state index contributed by atoms with van der Waals surface area (Å²) in [6, 6.07) is 8.02. The molecule has 0 saturated heterocycles. The van der Waals surface area contributed by atoms with Gasteiger partial charge in [0.25, 0.3) is 0 Å². The Balaban J connectivity index is 0.00000242. The summed E-state index contributed by atoms with van der Waals surface area (Å²) in [5.74, 6) is 0.0151. The van der Waals surface area contributed by atoms with Crippen molar-refractivity contribution >= 4 is 50.7 Å². The van der Waals surface area contributed by atoms with Crippen molar-refractivity contribution < 1.29 is 4.79 Å². The minimum atomic E-state index is 0. The van der Waals surface area contributed by atoms with Crippen LogP contribution in [0.4, 0.5) is 5.13 Å². The van der Waals surface area contributed by atoms with Crippen LogP contribution in [0.5, 0.6) is 0 Å². The van der Waals surface area contributed by atoms with Crippen molar-refractivity contribution in [3.8, 4) is 11.3 Å². The Morgan fingerprint density at radius 1 is 1.32 bits per heavy atom. The van der Waals surface area contributed by atoms with Crippen LogP contribution in [0.2, 0.25) is 0 Å². The number of amides is 1. The number of carbonyl (C=O) groups is 1. The molecule has 4 nitrogen and oxygen atoms in total. The maximum absolute atomic E-state index is 11.8. The van der Waals surface area contributed by atoms with Gasteiger partial charge in [-0.15, -0.1) is 23.7 Å². The number of nitrogens with one attached hydrogen (secondary N) is 2. The molecule has 1 heterocycles. The minimum Gasteiger partial charge on any atom is -0.320 e. The summed E-state index contributed by atoms with van der Waals surface area (Å²) >= 11 is 4.94. The Labute approximate surface area is 149 Å². The fourth-order valence-corrected chi connectivity index (χ4v) is 3.05. The quantitative estimate of drug-likeness (QED) is 0.708. The van der Waals surface area contributed by atoms with Gasteiger partial charge in [-0.3, -0.25) is 4.79 Å². The molecule has 0 aliphatic rings. The molecule has 0 fully saturated rings. The zero-order valence-corrected chi connectivity index (χ0v) is 15.7. The summed E-state index contributed by atoms with van der Waals surface area (Å²) in [7, 11) is 1.88. The molecule has 1 aromatic carbocycles. The number of aryl methyl sites for hydroxylation is 1. The standard InChI is InChI=1S/C15H18BrN3OS.ClH/c1-10-14(11-5-7-12(16)8-6-11)19-15(21-10)18-13(20)4-3-9-17-2;/h5-8,17H,3-4,9H2,1-2H3,(H,18,19,20);1H. The van der Waals surface area contributed by atoms with Gasteiger partial charge in [-0.2, -0.15) is 0 Å². The molecule has 2 rings (SSSR count). The van der Waals surface area contributed by atoms with E-state index >= 15 is 0 Å². The lowest BCUT2D eigenvalue weighted by Gasteiger charge is -2.01. The van der Waals surface area contributed by atoms with Gasteiger partial charge in [0.15, 0.2) is 5.13 Å². The molecule has 1 amide bonds. The van der Waals surface area contributed by atoms with E-state index in [4.69, 9.17) is 0 Å². The summed E-state index contributed by atoms with van der Waals surface area (Å²) in [6.07, 6.45) is 1.33. The second-order valence-electron chi connectivity index (χ2n) is 4.69. The van der Waals surface area contributed by atoms with E-state index in [-0.39, 0.29) is 18.3 Å². The molecule has 0 atom stereocenters. The Bertz CT molecular complexity index is 616. The van der Waals surface area contributed by atoms with E-state index in [9.17, 15) is 4.79 Å². The predicted octanol–water partition coefficient (Wildman–Crippen LogP) is 4.24. The third-order valence-corrected chi connectivity index (χ3v) is 4.41. The molecule has 0 radical (unpaired) electrons. The average molecular weight is 405 g/mol. The van der Waals surface area contributed by atoms with Gasteiger partial charge in [0.1, 0.15) is 0 Å². The number of hydrogen-bond acceptors (Lipinski definition) is 4. The fraction of sp³-hybridized carbons (Fsp3) is 0.333. The largest absolute Gasteiger partial charge is 0.320 e. The summed E-state index contributed by atoms with van der Waals surface area (Å²) in [6.45, 7) is 2.86. The first-order chi connectivity index (χ1) is 10.1. The van der Waals surface area contributed by atoms with Crippen LogP contribution < -0.4 is 10.6 Å². The van der Waals surface area contributed by atoms with Gasteiger partial charge in [0.2, 0.25) is 5.91 Å². The number of nitrogens with zero attached hydrogens (tertiary/aromatic N) is 1. The number of thiazole rings is 1. The molecule has 2 aromatic rings. The number of anilines is 1. The number of aromatic nitrogens is 1. The zero-order valence-electron chi connectivity index (χ0n) is 12.5. The van der Waals surface area contributed by atoms with Crippen LogP contribution in [0.1, 0.15) is 17.7 Å². The molecule has 120 valence electrons. The molecule has 0 unspecified atom stereocenters. The van der Waals surface area contributed by atoms with Crippen molar-refractivity contribution in [3.05, 3.63) is 33.6 Å². The molecule has 0 bridgehead atoms. The van der Waals surface area contributed by atoms with Gasteiger partial charge in [-0.1, -0.05) is 28.1 Å². The first-order valence-corrected chi connectivity index (χ1v) is 8.39. The zero-order chi connectivity index (χ0) is 15.2. The summed E-state index contributed by atoms with van der Waals surface area (Å²) < 4.78 is 1.04. The first-order valence-electron chi connectivity index (χ1n) is 6.78. The molecular weight excluding hydrogens is 386 g/mol. The Kier molecular flexibility index (Phi) is 8.03. The van der Waals surface area contributed by atoms with Gasteiger partial charge >= 0.3 is 0 Å². The summed E-state index contributed by atoms with van der Waals surface area (Å²) in [5.41, 5.74) is 1.99. The molecule has 2 N–H and O–H groups in total. The molecule has 0 aliphatic carbocycles. The highest BCUT2D eigenvalue weighted by Crippen LogP contribution is 2.31. The van der Waals surface area contributed by atoms with Crippen LogP contribution in [0.15, 0.2) is 28.7 Å². The van der Waals surface area contributed by atoms with Crippen molar-refractivity contribution in [2.45, 2.75) is 19.8 Å². The molecule has 1 aromatic heterocycles. The van der Waals surface area contributed by atoms with Crippen LogP contribution in [-0.4, -0.2) is 24.5 Å². The third kappa shape index (κ3) is 5.35. The van der Waals surface area contributed by atoms with Crippen LogP contribution in [0, 0.1) is 6.92 Å². The van der Waals surface area contributed by atoms with Crippen LogP contribution >= 0.6 is 39.7 Å². The molecule has 0 spiro atoms. The van der Waals surface area contributed by atoms with Crippen molar-refractivity contribution in [2.24, 2.45) is 0 Å². The van der Waals surface area contributed by atoms with Crippen molar-refractivity contribution in [1.82, 2.24) is 10.3 Å². The molecule has 0 saturated carbocycles. The van der Waals surface area contributed by atoms with Crippen molar-refractivity contribution in [2.75, 3.05) is 18.9 Å². The second kappa shape index (κ2) is 9.25. The van der Waals surface area contributed by atoms with Crippen molar-refractivity contribution in [3.63, 3.8) is 0 Å². The second-order valence-corrected chi connectivity index (χ2v) is 6.80. The van der Waals surface area contributed by atoms with E-state index < -0.39 is 0 Å². The van der Waals surface area contributed by atoms with Gasteiger partial charge in [0, 0.05) is 21.3 Å². The molecule has 0 aliphatic heterocycles. The number of hydrogen-bond donors (Lipinski definition) is 2. The molecular formula is C15H19BrClN3OS. The number of carbonyl (C=O) groups excluding carboxylic acids is 1. The van der Waals surface area contributed by atoms with Crippen LogP contribution in [0.3, 0.4) is 0 Å². The van der Waals surface area contributed by atoms with Crippen molar-refractivity contribution in [1.29, 1.82) is 0 Å². The van der Waals surface area contributed by atoms with E-state index in [1.165, 1.54) is 11.3 Å². The van der Waals surface area contributed by atoms with E-state index in [1.54, 1.807) is 0 Å². The molecule has 22 heavy (non-hydrogen) atoms. The minimum absolute atomic E-state index is 0. The van der Waals surface area contributed by atoms with E-state index in [2.05, 4.69) is 31.5 Å². The smallest absolute Gasteiger partial charge is 0.226 e. The van der Waals surface area contributed by atoms with Gasteiger partial charge in [-0.05, 0) is 39.1 Å². The summed E-state index contributed by atoms with van der Waals surface area (Å²) in [4.78, 5) is 17.4. The summed E-state index contributed by atoms with van der Waals surface area (Å²) in [5, 5.41) is 6.57. The Morgan fingerprint density at radius 3 is 2.64 bits per heavy atom. The van der Waals surface area contributed by atoms with Crippen LogP contribution in [0.25, 0.3) is 11.3 Å². The van der Waals surface area contributed by atoms with E-state index in [0.717, 1.165) is 33.6 Å². The van der Waals surface area contributed by atoms with Gasteiger partial charge in [0.05, 0.1) is 5.69 Å². The third-order valence-electron chi connectivity index (χ3n) is 2.99. The predicted molar refractivity (Wildman–Crippen MR) is 99.0 cm³/mol. The number of rotatable bonds is 6. The fourth-order valence-electron chi connectivity index (χ4n) is 1.93. The monoisotopic (exact) mass is 403 g/mol. The van der Waals surface area contributed by atoms with Gasteiger partial charge in [-0.25, -0.2) is 4.98 Å². The lowest BCUT2D eigenvalue weighted by Crippen LogP contribution is -2.15. The maximum atomic E-state index is 11.8. The highest BCUT2D eigenvalue weighted by atomic mass is 79.9. The Hall–Kier alpha value is -0.950. The average Bonchev–Trinajstić information content (AvgIpc) is 2.80. The van der Waals surface area contributed by atoms with Crippen LogP contribution in [-0.2, 0) is 4.79 Å². The normalized spacial score (nSPS) is 10.1. The van der Waals surface area contributed by atoms with E-state index in [0.29, 0.717) is 11.6 Å². The highest BCUT2D eigenvalue weighted by Gasteiger charge is 2.11. The lowest BCUT2D eigenvalue weighted by atomic mass is 10.1. The SMILES string of the molecule is CNCCCC(=O)Nc1nc(-c2ccc(Br)cc2)c(C)s1.Cl. The number of halogens is 2. The maximum Gasteiger partial charge on any atom is 0.226 e. The highest BCUT2D eigenvalue weighted by molar-refractivity contribution is 9.10. The first kappa shape index (κ1) is 19.1. The molecule has 7 heteroatoms. The topological polar surface area (TPSA) is 54.0 Å². The Morgan fingerprint density at radius 2 is 2.00 bits per heavy atom.